The number of alkyl halides is 3. The van der Waals surface area contributed by atoms with Crippen LogP contribution < -0.4 is 5.32 Å². The molecule has 0 spiro atoms. The minimum atomic E-state index is -4.52. The summed E-state index contributed by atoms with van der Waals surface area (Å²) < 4.78 is 38.5. The Morgan fingerprint density at radius 3 is 2.81 bits per heavy atom. The Hall–Kier alpha value is -1.84. The average molecular weight is 418 g/mol. The Morgan fingerprint density at radius 2 is 2.08 bits per heavy atom. The van der Waals surface area contributed by atoms with Crippen molar-refractivity contribution in [2.45, 2.75) is 23.4 Å². The molecule has 1 atom stereocenters. The van der Waals surface area contributed by atoms with Crippen LogP contribution in [0.25, 0.3) is 10.2 Å². The lowest BCUT2D eigenvalue weighted by Gasteiger charge is -2.14. The van der Waals surface area contributed by atoms with Gasteiger partial charge in [0.25, 0.3) is 0 Å². The van der Waals surface area contributed by atoms with Gasteiger partial charge in [-0.3, -0.25) is 4.79 Å². The van der Waals surface area contributed by atoms with Gasteiger partial charge in [-0.05, 0) is 36.6 Å². The normalized spacial score (nSPS) is 13.0. The molecule has 1 aromatic carbocycles. The highest BCUT2D eigenvalue weighted by Crippen LogP contribution is 2.35. The number of nitrogens with one attached hydrogen (secondary N) is 1. The molecule has 2 aromatic heterocycles. The Morgan fingerprint density at radius 1 is 1.31 bits per heavy atom. The quantitative estimate of drug-likeness (QED) is 0.451. The van der Waals surface area contributed by atoms with Gasteiger partial charge in [0.05, 0.1) is 21.5 Å². The smallest absolute Gasteiger partial charge is 0.324 e. The van der Waals surface area contributed by atoms with Crippen molar-refractivity contribution in [3.63, 3.8) is 0 Å². The minimum Gasteiger partial charge on any atom is -0.324 e. The number of thioether (sulfide) groups is 1. The Bertz CT molecular complexity index is 961. The molecule has 1 unspecified atom stereocenters. The van der Waals surface area contributed by atoms with Crippen LogP contribution in [0, 0.1) is 0 Å². The third kappa shape index (κ3) is 4.11. The summed E-state index contributed by atoms with van der Waals surface area (Å²) >= 11 is 8.57. The van der Waals surface area contributed by atoms with Crippen LogP contribution in [0.5, 0.6) is 0 Å². The van der Waals surface area contributed by atoms with E-state index in [1.807, 2.05) is 11.4 Å². The number of fused-ring (bicyclic) bond motifs is 1. The second-order valence-corrected chi connectivity index (χ2v) is 7.89. The molecular weight excluding hydrogens is 407 g/mol. The summed E-state index contributed by atoms with van der Waals surface area (Å²) in [5, 5.41) is 5.22. The molecule has 3 aromatic rings. The third-order valence-electron chi connectivity index (χ3n) is 3.43. The fourth-order valence-corrected chi connectivity index (χ4v) is 3.98. The van der Waals surface area contributed by atoms with E-state index in [1.54, 1.807) is 6.92 Å². The Kier molecular flexibility index (Phi) is 5.40. The van der Waals surface area contributed by atoms with Crippen LogP contribution in [0.2, 0.25) is 5.02 Å². The van der Waals surface area contributed by atoms with Crippen LogP contribution >= 0.6 is 34.7 Å². The summed E-state index contributed by atoms with van der Waals surface area (Å²) in [6, 6.07) is 4.65. The first-order valence-corrected chi connectivity index (χ1v) is 9.42. The van der Waals surface area contributed by atoms with Crippen molar-refractivity contribution in [1.29, 1.82) is 0 Å². The van der Waals surface area contributed by atoms with Crippen LogP contribution in [0.1, 0.15) is 12.5 Å². The monoisotopic (exact) mass is 417 g/mol. The van der Waals surface area contributed by atoms with Crippen molar-refractivity contribution in [2.75, 3.05) is 5.32 Å². The standard InChI is InChI=1S/C16H11ClF3N3OS2/c1-8(26-15-10-4-5-25-14(10)21-7-22-15)13(24)23-12-6-9(16(18,19)20)2-3-11(12)17/h2-8H,1H3,(H,23,24). The highest BCUT2D eigenvalue weighted by molar-refractivity contribution is 8.00. The van der Waals surface area contributed by atoms with Gasteiger partial charge < -0.3 is 5.32 Å². The van der Waals surface area contributed by atoms with Gasteiger partial charge in [0.1, 0.15) is 16.2 Å². The largest absolute Gasteiger partial charge is 0.416 e. The predicted octanol–water partition coefficient (Wildman–Crippen LogP) is 5.48. The number of rotatable bonds is 4. The summed E-state index contributed by atoms with van der Waals surface area (Å²) in [5.74, 6) is -0.474. The van der Waals surface area contributed by atoms with E-state index in [0.29, 0.717) is 5.03 Å². The molecule has 0 aliphatic carbocycles. The predicted molar refractivity (Wildman–Crippen MR) is 97.8 cm³/mol. The topological polar surface area (TPSA) is 54.9 Å². The van der Waals surface area contributed by atoms with E-state index in [0.717, 1.165) is 28.4 Å². The zero-order valence-electron chi connectivity index (χ0n) is 13.2. The molecular formula is C16H11ClF3N3OS2. The van der Waals surface area contributed by atoms with Gasteiger partial charge in [-0.25, -0.2) is 9.97 Å². The SMILES string of the molecule is CC(Sc1ncnc2sccc12)C(=O)Nc1cc(C(F)(F)F)ccc1Cl. The average Bonchev–Trinajstić information content (AvgIpc) is 3.05. The van der Waals surface area contributed by atoms with Crippen molar-refractivity contribution in [3.05, 3.63) is 46.6 Å². The maximum atomic E-state index is 12.8. The zero-order valence-corrected chi connectivity index (χ0v) is 15.6. The van der Waals surface area contributed by atoms with Crippen molar-refractivity contribution in [2.24, 2.45) is 0 Å². The lowest BCUT2D eigenvalue weighted by atomic mass is 10.2. The van der Waals surface area contributed by atoms with Crippen molar-refractivity contribution in [3.8, 4) is 0 Å². The summed E-state index contributed by atoms with van der Waals surface area (Å²) in [5.41, 5.74) is -0.962. The van der Waals surface area contributed by atoms with Gasteiger partial charge in [0.15, 0.2) is 0 Å². The first-order chi connectivity index (χ1) is 12.3. The molecule has 26 heavy (non-hydrogen) atoms. The molecule has 0 aliphatic heterocycles. The molecule has 1 amide bonds. The van der Waals surface area contributed by atoms with Crippen molar-refractivity contribution < 1.29 is 18.0 Å². The molecule has 0 aliphatic rings. The van der Waals surface area contributed by atoms with Gasteiger partial charge in [-0.2, -0.15) is 13.2 Å². The number of aromatic nitrogens is 2. The van der Waals surface area contributed by atoms with Gasteiger partial charge in [0.2, 0.25) is 5.91 Å². The lowest BCUT2D eigenvalue weighted by Crippen LogP contribution is -2.23. The van der Waals surface area contributed by atoms with E-state index in [4.69, 9.17) is 11.6 Å². The molecule has 2 heterocycles. The van der Waals surface area contributed by atoms with Crippen LogP contribution in [0.4, 0.5) is 18.9 Å². The molecule has 0 fully saturated rings. The van der Waals surface area contributed by atoms with Crippen LogP contribution in [-0.2, 0) is 11.0 Å². The number of hydrogen-bond donors (Lipinski definition) is 1. The lowest BCUT2D eigenvalue weighted by molar-refractivity contribution is -0.137. The van der Waals surface area contributed by atoms with Gasteiger partial charge >= 0.3 is 6.18 Å². The Labute approximate surface area is 159 Å². The maximum absolute atomic E-state index is 12.8. The first-order valence-electron chi connectivity index (χ1n) is 7.28. The number of nitrogens with zero attached hydrogens (tertiary/aromatic N) is 2. The van der Waals surface area contributed by atoms with E-state index < -0.39 is 22.9 Å². The number of carbonyl (C=O) groups excluding carboxylic acids is 1. The molecule has 0 saturated carbocycles. The number of hydrogen-bond acceptors (Lipinski definition) is 5. The molecule has 0 radical (unpaired) electrons. The van der Waals surface area contributed by atoms with E-state index >= 15 is 0 Å². The Balaban J connectivity index is 1.77. The zero-order chi connectivity index (χ0) is 18.9. The molecule has 1 N–H and O–H groups in total. The highest BCUT2D eigenvalue weighted by atomic mass is 35.5. The minimum absolute atomic E-state index is 0.0332. The fourth-order valence-electron chi connectivity index (χ4n) is 2.11. The van der Waals surface area contributed by atoms with Crippen molar-refractivity contribution >= 4 is 56.5 Å². The van der Waals surface area contributed by atoms with E-state index in [2.05, 4.69) is 15.3 Å². The summed E-state index contributed by atoms with van der Waals surface area (Å²) in [6.45, 7) is 1.64. The molecule has 0 saturated heterocycles. The first kappa shape index (κ1) is 18.9. The summed E-state index contributed by atoms with van der Waals surface area (Å²) in [7, 11) is 0. The molecule has 4 nitrogen and oxygen atoms in total. The number of benzene rings is 1. The number of carbonyl (C=O) groups is 1. The van der Waals surface area contributed by atoms with E-state index in [-0.39, 0.29) is 10.7 Å². The molecule has 136 valence electrons. The van der Waals surface area contributed by atoms with Crippen LogP contribution in [-0.4, -0.2) is 21.1 Å². The van der Waals surface area contributed by atoms with Crippen molar-refractivity contribution in [1.82, 2.24) is 9.97 Å². The van der Waals surface area contributed by atoms with Gasteiger partial charge in [0, 0.05) is 5.39 Å². The number of amides is 1. The summed E-state index contributed by atoms with van der Waals surface area (Å²) in [6.07, 6.45) is -3.11. The fraction of sp³-hybridized carbons (Fsp3) is 0.188. The van der Waals surface area contributed by atoms with Crippen LogP contribution in [0.15, 0.2) is 41.0 Å². The summed E-state index contributed by atoms with van der Waals surface area (Å²) in [4.78, 5) is 21.5. The van der Waals surface area contributed by atoms with Gasteiger partial charge in [-0.1, -0.05) is 23.4 Å². The van der Waals surface area contributed by atoms with Crippen LogP contribution in [0.3, 0.4) is 0 Å². The number of anilines is 1. The molecule has 3 rings (SSSR count). The maximum Gasteiger partial charge on any atom is 0.416 e. The van der Waals surface area contributed by atoms with Gasteiger partial charge in [-0.15, -0.1) is 11.3 Å². The molecule has 10 heteroatoms. The third-order valence-corrected chi connectivity index (χ3v) is 5.70. The second kappa shape index (κ2) is 7.42. The molecule has 0 bridgehead atoms. The van der Waals surface area contributed by atoms with E-state index in [9.17, 15) is 18.0 Å². The number of thiophene rings is 1. The van der Waals surface area contributed by atoms with E-state index in [1.165, 1.54) is 29.4 Å². The highest BCUT2D eigenvalue weighted by Gasteiger charge is 2.31. The number of halogens is 4. The second-order valence-electron chi connectivity index (χ2n) is 5.26.